The Morgan fingerprint density at radius 1 is 1.24 bits per heavy atom. The predicted octanol–water partition coefficient (Wildman–Crippen LogP) is 3.75. The van der Waals surface area contributed by atoms with Crippen molar-refractivity contribution in [3.05, 3.63) is 40.2 Å². The fourth-order valence-electron chi connectivity index (χ4n) is 2.52. The van der Waals surface area contributed by atoms with E-state index in [0.29, 0.717) is 6.42 Å². The van der Waals surface area contributed by atoms with Gasteiger partial charge in [-0.05, 0) is 24.6 Å². The van der Waals surface area contributed by atoms with Gasteiger partial charge in [-0.3, -0.25) is 10.1 Å². The number of nitro groups is 1. The number of nitrogens with zero attached hydrogens (tertiary/aromatic N) is 3. The van der Waals surface area contributed by atoms with E-state index in [9.17, 15) is 29.8 Å². The Balaban J connectivity index is 2.11. The van der Waals surface area contributed by atoms with Crippen LogP contribution in [0.5, 0.6) is 23.0 Å². The molecule has 0 saturated heterocycles. The largest absolute Gasteiger partial charge is 0.505 e. The summed E-state index contributed by atoms with van der Waals surface area (Å²) < 4.78 is 23.8. The Morgan fingerprint density at radius 2 is 2.00 bits per heavy atom. The first-order chi connectivity index (χ1) is 13.8. The van der Waals surface area contributed by atoms with Crippen LogP contribution in [0.15, 0.2) is 28.8 Å². The quantitative estimate of drug-likeness (QED) is 0.231. The second-order valence-corrected chi connectivity index (χ2v) is 6.02. The number of nitro benzene ring substituents is 1. The zero-order chi connectivity index (χ0) is 21.1. The Kier molecular flexibility index (Phi) is 5.48. The molecule has 2 aromatic carbocycles. The molecule has 0 unspecified atom stereocenters. The Labute approximate surface area is 163 Å². The summed E-state index contributed by atoms with van der Waals surface area (Å²) in [5.41, 5.74) is -0.715. The molecule has 3 N–H and O–H groups in total. The van der Waals surface area contributed by atoms with Crippen molar-refractivity contribution in [1.82, 2.24) is 10.1 Å². The van der Waals surface area contributed by atoms with Gasteiger partial charge in [0.1, 0.15) is 0 Å². The molecule has 0 aliphatic rings. The number of ether oxygens (including phenoxy) is 1. The lowest BCUT2D eigenvalue weighted by atomic mass is 10.1. The molecule has 0 radical (unpaired) electrons. The van der Waals surface area contributed by atoms with Crippen LogP contribution in [-0.4, -0.2) is 37.0 Å². The highest BCUT2D eigenvalue weighted by Gasteiger charge is 2.31. The smallest absolute Gasteiger partial charge is 0.356 e. The first-order valence-corrected chi connectivity index (χ1v) is 8.52. The zero-order valence-electron chi connectivity index (χ0n) is 15.1. The van der Waals surface area contributed by atoms with Gasteiger partial charge in [0, 0.05) is 11.6 Å². The van der Waals surface area contributed by atoms with Gasteiger partial charge in [-0.2, -0.15) is 4.98 Å². The molecule has 0 fully saturated rings. The maximum absolute atomic E-state index is 13.2. The number of rotatable bonds is 7. The Hall–Kier alpha value is -3.89. The van der Waals surface area contributed by atoms with Gasteiger partial charge in [0.05, 0.1) is 17.1 Å². The summed E-state index contributed by atoms with van der Waals surface area (Å²) in [5, 5.41) is 44.5. The standard InChI is InChI=1S/C18H16FN3O7/c1-2-3-6-28-16-10(8-13(24)15(25)14(16)22(26)27)18-20-17(21-29-18)9-4-5-11(19)12(23)7-9/h4-5,7-8,23-25H,2-3,6H2,1H3. The van der Waals surface area contributed by atoms with E-state index in [1.54, 1.807) is 0 Å². The summed E-state index contributed by atoms with van der Waals surface area (Å²) in [4.78, 5) is 14.6. The molecule has 29 heavy (non-hydrogen) atoms. The molecule has 3 rings (SSSR count). The van der Waals surface area contributed by atoms with Crippen molar-refractivity contribution in [3.63, 3.8) is 0 Å². The van der Waals surface area contributed by atoms with E-state index in [4.69, 9.17) is 9.26 Å². The van der Waals surface area contributed by atoms with E-state index in [0.717, 1.165) is 24.6 Å². The number of aromatic nitrogens is 2. The van der Waals surface area contributed by atoms with Crippen molar-refractivity contribution in [2.24, 2.45) is 0 Å². The van der Waals surface area contributed by atoms with Crippen LogP contribution in [-0.2, 0) is 0 Å². The third-order valence-corrected chi connectivity index (χ3v) is 4.00. The van der Waals surface area contributed by atoms with Crippen molar-refractivity contribution in [1.29, 1.82) is 0 Å². The van der Waals surface area contributed by atoms with E-state index in [1.165, 1.54) is 6.07 Å². The van der Waals surface area contributed by atoms with Crippen LogP contribution in [0.2, 0.25) is 0 Å². The maximum atomic E-state index is 13.2. The topological polar surface area (TPSA) is 152 Å². The van der Waals surface area contributed by atoms with Gasteiger partial charge in [0.15, 0.2) is 17.3 Å². The normalized spacial score (nSPS) is 10.8. The molecule has 11 heteroatoms. The molecule has 1 aromatic heterocycles. The van der Waals surface area contributed by atoms with Gasteiger partial charge in [0.25, 0.3) is 5.89 Å². The number of aromatic hydroxyl groups is 3. The minimum Gasteiger partial charge on any atom is -0.505 e. The van der Waals surface area contributed by atoms with E-state index in [-0.39, 0.29) is 35.2 Å². The fourth-order valence-corrected chi connectivity index (χ4v) is 2.52. The first kappa shape index (κ1) is 19.9. The average molecular weight is 405 g/mol. The summed E-state index contributed by atoms with van der Waals surface area (Å²) in [6, 6.07) is 4.40. The lowest BCUT2D eigenvalue weighted by molar-refractivity contribution is -0.386. The fraction of sp³-hybridized carbons (Fsp3) is 0.222. The first-order valence-electron chi connectivity index (χ1n) is 8.52. The third kappa shape index (κ3) is 3.88. The van der Waals surface area contributed by atoms with Gasteiger partial charge in [-0.15, -0.1) is 0 Å². The lowest BCUT2D eigenvalue weighted by Gasteiger charge is -2.11. The molecule has 0 aliphatic heterocycles. The molecule has 0 saturated carbocycles. The molecule has 1 heterocycles. The van der Waals surface area contributed by atoms with E-state index >= 15 is 0 Å². The van der Waals surface area contributed by atoms with E-state index in [2.05, 4.69) is 10.1 Å². The number of benzene rings is 2. The van der Waals surface area contributed by atoms with Gasteiger partial charge in [0.2, 0.25) is 17.3 Å². The molecule has 152 valence electrons. The van der Waals surface area contributed by atoms with Crippen molar-refractivity contribution >= 4 is 5.69 Å². The average Bonchev–Trinajstić information content (AvgIpc) is 3.16. The minimum absolute atomic E-state index is 0.0370. The van der Waals surface area contributed by atoms with Crippen molar-refractivity contribution < 1.29 is 33.9 Å². The summed E-state index contributed by atoms with van der Waals surface area (Å²) in [6.07, 6.45) is 1.34. The van der Waals surface area contributed by atoms with Crippen LogP contribution in [0.4, 0.5) is 10.1 Å². The summed E-state index contributed by atoms with van der Waals surface area (Å²) in [6.45, 7) is 2.01. The van der Waals surface area contributed by atoms with Crippen LogP contribution in [0.3, 0.4) is 0 Å². The predicted molar refractivity (Wildman–Crippen MR) is 97.2 cm³/mol. The molecule has 10 nitrogen and oxygen atoms in total. The monoisotopic (exact) mass is 405 g/mol. The molecule has 0 spiro atoms. The van der Waals surface area contributed by atoms with Gasteiger partial charge >= 0.3 is 5.69 Å². The number of phenolic OH excluding ortho intramolecular Hbond substituents is 3. The van der Waals surface area contributed by atoms with Crippen molar-refractivity contribution in [3.8, 4) is 45.8 Å². The van der Waals surface area contributed by atoms with Gasteiger partial charge in [-0.25, -0.2) is 4.39 Å². The van der Waals surface area contributed by atoms with Gasteiger partial charge in [-0.1, -0.05) is 18.5 Å². The van der Waals surface area contributed by atoms with Crippen molar-refractivity contribution in [2.75, 3.05) is 6.61 Å². The summed E-state index contributed by atoms with van der Waals surface area (Å²) >= 11 is 0. The highest BCUT2D eigenvalue weighted by atomic mass is 19.1. The van der Waals surface area contributed by atoms with Crippen LogP contribution in [0, 0.1) is 15.9 Å². The number of phenols is 3. The maximum Gasteiger partial charge on any atom is 0.356 e. The van der Waals surface area contributed by atoms with Crippen LogP contribution in [0.1, 0.15) is 19.8 Å². The highest BCUT2D eigenvalue weighted by molar-refractivity contribution is 5.78. The highest BCUT2D eigenvalue weighted by Crippen LogP contribution is 2.48. The second kappa shape index (κ2) is 8.00. The molecule has 3 aromatic rings. The second-order valence-electron chi connectivity index (χ2n) is 6.02. The minimum atomic E-state index is -0.951. The van der Waals surface area contributed by atoms with Gasteiger partial charge < -0.3 is 24.6 Å². The molecular formula is C18H16FN3O7. The summed E-state index contributed by atoms with van der Waals surface area (Å²) in [7, 11) is 0. The molecule has 0 amide bonds. The molecule has 0 aliphatic carbocycles. The van der Waals surface area contributed by atoms with Crippen LogP contribution >= 0.6 is 0 Å². The van der Waals surface area contributed by atoms with Crippen LogP contribution < -0.4 is 4.74 Å². The lowest BCUT2D eigenvalue weighted by Crippen LogP contribution is -2.03. The third-order valence-electron chi connectivity index (χ3n) is 4.00. The Bertz CT molecular complexity index is 1070. The number of halogens is 1. The van der Waals surface area contributed by atoms with E-state index < -0.39 is 33.7 Å². The van der Waals surface area contributed by atoms with Crippen LogP contribution in [0.25, 0.3) is 22.8 Å². The number of hydrogen-bond donors (Lipinski definition) is 3. The molecule has 0 atom stereocenters. The Morgan fingerprint density at radius 3 is 2.66 bits per heavy atom. The summed E-state index contributed by atoms with van der Waals surface area (Å²) in [5.74, 6) is -3.78. The SMILES string of the molecule is CCCCOc1c(-c2nc(-c3ccc(F)c(O)c3)no2)cc(O)c(O)c1[N+](=O)[O-]. The molecule has 0 bridgehead atoms. The number of unbranched alkanes of at least 4 members (excludes halogenated alkanes) is 1. The van der Waals surface area contributed by atoms with Crippen molar-refractivity contribution in [2.45, 2.75) is 19.8 Å². The molecular weight excluding hydrogens is 389 g/mol. The zero-order valence-corrected chi connectivity index (χ0v) is 15.1. The van der Waals surface area contributed by atoms with E-state index in [1.807, 2.05) is 6.92 Å². The number of hydrogen-bond acceptors (Lipinski definition) is 9.